The zero-order chi connectivity index (χ0) is 11.1. The third-order valence-electron chi connectivity index (χ3n) is 3.36. The molecule has 1 saturated heterocycles. The van der Waals surface area contributed by atoms with E-state index in [4.69, 9.17) is 0 Å². The Balaban J connectivity index is 2.39. The van der Waals surface area contributed by atoms with E-state index in [2.05, 4.69) is 31.0 Å². The van der Waals surface area contributed by atoms with Crippen LogP contribution >= 0.6 is 0 Å². The SMILES string of the molecule is CCCN(CCC)CC1(C)CCCCN1. The van der Waals surface area contributed by atoms with Crippen molar-refractivity contribution in [3.63, 3.8) is 0 Å². The lowest BCUT2D eigenvalue weighted by molar-refractivity contribution is 0.163. The molecular weight excluding hydrogens is 184 g/mol. The summed E-state index contributed by atoms with van der Waals surface area (Å²) < 4.78 is 0. The molecule has 1 atom stereocenters. The van der Waals surface area contributed by atoms with E-state index in [-0.39, 0.29) is 0 Å². The van der Waals surface area contributed by atoms with E-state index < -0.39 is 0 Å². The van der Waals surface area contributed by atoms with E-state index in [1.165, 1.54) is 58.3 Å². The van der Waals surface area contributed by atoms with E-state index in [1.807, 2.05) is 0 Å². The van der Waals surface area contributed by atoms with Crippen molar-refractivity contribution in [1.82, 2.24) is 10.2 Å². The average Bonchev–Trinajstić information content (AvgIpc) is 2.19. The molecule has 1 aliphatic rings. The van der Waals surface area contributed by atoms with Crippen molar-refractivity contribution < 1.29 is 0 Å². The van der Waals surface area contributed by atoms with E-state index in [0.717, 1.165) is 0 Å². The molecule has 0 aromatic carbocycles. The lowest BCUT2D eigenvalue weighted by atomic mass is 9.90. The third kappa shape index (κ3) is 4.52. The molecule has 1 aliphatic heterocycles. The molecule has 2 nitrogen and oxygen atoms in total. The van der Waals surface area contributed by atoms with Crippen LogP contribution in [0.4, 0.5) is 0 Å². The van der Waals surface area contributed by atoms with Crippen molar-refractivity contribution in [2.45, 2.75) is 58.4 Å². The van der Waals surface area contributed by atoms with E-state index >= 15 is 0 Å². The Hall–Kier alpha value is -0.0800. The largest absolute Gasteiger partial charge is 0.310 e. The van der Waals surface area contributed by atoms with Crippen LogP contribution in [-0.4, -0.2) is 36.6 Å². The van der Waals surface area contributed by atoms with Gasteiger partial charge in [-0.05, 0) is 52.2 Å². The quantitative estimate of drug-likeness (QED) is 0.728. The summed E-state index contributed by atoms with van der Waals surface area (Å²) in [5.74, 6) is 0. The van der Waals surface area contributed by atoms with Gasteiger partial charge in [-0.1, -0.05) is 20.3 Å². The molecule has 0 amide bonds. The Morgan fingerprint density at radius 1 is 1.13 bits per heavy atom. The fourth-order valence-corrected chi connectivity index (χ4v) is 2.65. The van der Waals surface area contributed by atoms with Gasteiger partial charge in [0, 0.05) is 12.1 Å². The predicted molar refractivity (Wildman–Crippen MR) is 67.3 cm³/mol. The minimum Gasteiger partial charge on any atom is -0.310 e. The zero-order valence-corrected chi connectivity index (χ0v) is 10.8. The van der Waals surface area contributed by atoms with E-state index in [1.54, 1.807) is 0 Å². The lowest BCUT2D eigenvalue weighted by Crippen LogP contribution is -2.53. The Kier molecular flexibility index (Phi) is 5.62. The van der Waals surface area contributed by atoms with Crippen LogP contribution in [-0.2, 0) is 0 Å². The highest BCUT2D eigenvalue weighted by atomic mass is 15.2. The Labute approximate surface area is 95.4 Å². The van der Waals surface area contributed by atoms with Gasteiger partial charge in [-0.3, -0.25) is 0 Å². The van der Waals surface area contributed by atoms with Crippen molar-refractivity contribution in [2.24, 2.45) is 0 Å². The summed E-state index contributed by atoms with van der Waals surface area (Å²) in [5.41, 5.74) is 0.378. The second-order valence-electron chi connectivity index (χ2n) is 5.22. The molecule has 0 aliphatic carbocycles. The lowest BCUT2D eigenvalue weighted by Gasteiger charge is -2.39. The molecule has 1 fully saturated rings. The molecular formula is C13H28N2. The average molecular weight is 212 g/mol. The van der Waals surface area contributed by atoms with Gasteiger partial charge in [0.25, 0.3) is 0 Å². The molecule has 0 aromatic heterocycles. The van der Waals surface area contributed by atoms with Crippen LogP contribution in [0.3, 0.4) is 0 Å². The smallest absolute Gasteiger partial charge is 0.0280 e. The highest BCUT2D eigenvalue weighted by Gasteiger charge is 2.27. The van der Waals surface area contributed by atoms with Crippen molar-refractivity contribution in [3.05, 3.63) is 0 Å². The molecule has 2 heteroatoms. The maximum atomic E-state index is 3.70. The first-order valence-electron chi connectivity index (χ1n) is 6.67. The molecule has 0 radical (unpaired) electrons. The molecule has 0 saturated carbocycles. The second kappa shape index (κ2) is 6.49. The summed E-state index contributed by atoms with van der Waals surface area (Å²) in [5, 5.41) is 3.70. The van der Waals surface area contributed by atoms with Gasteiger partial charge in [0.2, 0.25) is 0 Å². The summed E-state index contributed by atoms with van der Waals surface area (Å²) in [7, 11) is 0. The fourth-order valence-electron chi connectivity index (χ4n) is 2.65. The number of hydrogen-bond acceptors (Lipinski definition) is 2. The number of nitrogens with zero attached hydrogens (tertiary/aromatic N) is 1. The summed E-state index contributed by atoms with van der Waals surface area (Å²) >= 11 is 0. The number of piperidine rings is 1. The minimum atomic E-state index is 0.378. The van der Waals surface area contributed by atoms with Crippen LogP contribution in [0, 0.1) is 0 Å². The Morgan fingerprint density at radius 2 is 1.80 bits per heavy atom. The van der Waals surface area contributed by atoms with Gasteiger partial charge < -0.3 is 10.2 Å². The van der Waals surface area contributed by atoms with Gasteiger partial charge in [0.15, 0.2) is 0 Å². The van der Waals surface area contributed by atoms with Crippen molar-refractivity contribution >= 4 is 0 Å². The topological polar surface area (TPSA) is 15.3 Å². The first kappa shape index (κ1) is 13.0. The van der Waals surface area contributed by atoms with Gasteiger partial charge in [-0.2, -0.15) is 0 Å². The molecule has 15 heavy (non-hydrogen) atoms. The third-order valence-corrected chi connectivity index (χ3v) is 3.36. The van der Waals surface area contributed by atoms with Crippen molar-refractivity contribution in [3.8, 4) is 0 Å². The summed E-state index contributed by atoms with van der Waals surface area (Å²) in [4.78, 5) is 2.62. The van der Waals surface area contributed by atoms with Crippen molar-refractivity contribution in [2.75, 3.05) is 26.2 Å². The Morgan fingerprint density at radius 3 is 2.27 bits per heavy atom. The number of rotatable bonds is 6. The maximum Gasteiger partial charge on any atom is 0.0280 e. The monoisotopic (exact) mass is 212 g/mol. The summed E-state index contributed by atoms with van der Waals surface area (Å²) in [6.45, 7) is 11.9. The molecule has 0 bridgehead atoms. The normalized spacial score (nSPS) is 27.2. The highest BCUT2D eigenvalue weighted by Crippen LogP contribution is 2.20. The Bertz CT molecular complexity index is 156. The second-order valence-corrected chi connectivity index (χ2v) is 5.22. The molecule has 1 heterocycles. The van der Waals surface area contributed by atoms with Crippen LogP contribution in [0.15, 0.2) is 0 Å². The van der Waals surface area contributed by atoms with Gasteiger partial charge in [0.1, 0.15) is 0 Å². The minimum absolute atomic E-state index is 0.378. The summed E-state index contributed by atoms with van der Waals surface area (Å²) in [6, 6.07) is 0. The maximum absolute atomic E-state index is 3.70. The number of nitrogens with one attached hydrogen (secondary N) is 1. The molecule has 1 unspecified atom stereocenters. The van der Waals surface area contributed by atoms with Gasteiger partial charge in [0.05, 0.1) is 0 Å². The summed E-state index contributed by atoms with van der Waals surface area (Å²) in [6.07, 6.45) is 6.65. The highest BCUT2D eigenvalue weighted by molar-refractivity contribution is 4.89. The molecule has 0 aromatic rings. The van der Waals surface area contributed by atoms with Crippen LogP contribution < -0.4 is 5.32 Å². The van der Waals surface area contributed by atoms with Gasteiger partial charge >= 0.3 is 0 Å². The van der Waals surface area contributed by atoms with Gasteiger partial charge in [-0.15, -0.1) is 0 Å². The van der Waals surface area contributed by atoms with Crippen LogP contribution in [0.2, 0.25) is 0 Å². The van der Waals surface area contributed by atoms with Gasteiger partial charge in [-0.25, -0.2) is 0 Å². The van der Waals surface area contributed by atoms with Crippen LogP contribution in [0.5, 0.6) is 0 Å². The molecule has 1 N–H and O–H groups in total. The van der Waals surface area contributed by atoms with E-state index in [9.17, 15) is 0 Å². The predicted octanol–water partition coefficient (Wildman–Crippen LogP) is 2.64. The first-order valence-corrected chi connectivity index (χ1v) is 6.67. The zero-order valence-electron chi connectivity index (χ0n) is 10.8. The molecule has 1 rings (SSSR count). The standard InChI is InChI=1S/C13H28N2/c1-4-10-15(11-5-2)12-13(3)8-6-7-9-14-13/h14H,4-12H2,1-3H3. The van der Waals surface area contributed by atoms with E-state index in [0.29, 0.717) is 5.54 Å². The van der Waals surface area contributed by atoms with Crippen LogP contribution in [0.1, 0.15) is 52.9 Å². The molecule has 0 spiro atoms. The fraction of sp³-hybridized carbons (Fsp3) is 1.00. The molecule has 90 valence electrons. The van der Waals surface area contributed by atoms with Crippen molar-refractivity contribution in [1.29, 1.82) is 0 Å². The number of hydrogen-bond donors (Lipinski definition) is 1. The van der Waals surface area contributed by atoms with Crippen LogP contribution in [0.25, 0.3) is 0 Å². The first-order chi connectivity index (χ1) is 7.20.